The minimum Gasteiger partial charge on any atom is -0.496 e. The number of rotatable bonds is 6. The molecule has 0 saturated carbocycles. The number of imidazole rings is 1. The fraction of sp³-hybridized carbons (Fsp3) is 0.235. The Hall–Kier alpha value is -3.67. The number of nitrogens with two attached hydrogens (primary N) is 2. The number of nitro benzene ring substituents is 1. The standard InChI is InChI=1S/C17H19N7O4S/c1-8-9(2)29-17-21-14(10(23(8)17)7-20-22-16(18)19)13-11(27-3)5-6-12(28-4)15(13)24(25)26/h5-7H,1-4H3,(H4,18,19,22)/b20-7+. The molecule has 4 N–H and O–H groups in total. The second-order valence-corrected chi connectivity index (χ2v) is 7.11. The topological polar surface area (TPSA) is 156 Å². The van der Waals surface area contributed by atoms with E-state index in [1.165, 1.54) is 37.8 Å². The second kappa shape index (κ2) is 7.75. The summed E-state index contributed by atoms with van der Waals surface area (Å²) < 4.78 is 12.4. The van der Waals surface area contributed by atoms with Crippen LogP contribution in [0.4, 0.5) is 5.69 Å². The van der Waals surface area contributed by atoms with E-state index in [2.05, 4.69) is 15.2 Å². The Morgan fingerprint density at radius 1 is 1.28 bits per heavy atom. The molecule has 0 radical (unpaired) electrons. The summed E-state index contributed by atoms with van der Waals surface area (Å²) in [6.45, 7) is 3.87. The average molecular weight is 417 g/mol. The Morgan fingerprint density at radius 3 is 2.52 bits per heavy atom. The van der Waals surface area contributed by atoms with Crippen molar-refractivity contribution < 1.29 is 14.4 Å². The highest BCUT2D eigenvalue weighted by molar-refractivity contribution is 7.17. The molecule has 12 heteroatoms. The van der Waals surface area contributed by atoms with E-state index < -0.39 is 4.92 Å². The van der Waals surface area contributed by atoms with Crippen molar-refractivity contribution in [2.24, 2.45) is 21.7 Å². The molecule has 3 rings (SSSR count). The van der Waals surface area contributed by atoms with E-state index >= 15 is 0 Å². The number of thiazole rings is 1. The van der Waals surface area contributed by atoms with Crippen LogP contribution in [-0.4, -0.2) is 40.7 Å². The van der Waals surface area contributed by atoms with Crippen LogP contribution in [0.15, 0.2) is 22.3 Å². The summed E-state index contributed by atoms with van der Waals surface area (Å²) in [6.07, 6.45) is 1.40. The van der Waals surface area contributed by atoms with E-state index in [1.807, 2.05) is 18.2 Å². The van der Waals surface area contributed by atoms with Gasteiger partial charge in [0.05, 0.1) is 31.1 Å². The summed E-state index contributed by atoms with van der Waals surface area (Å²) in [5.41, 5.74) is 12.3. The molecular weight excluding hydrogens is 398 g/mol. The first kappa shape index (κ1) is 20.1. The van der Waals surface area contributed by atoms with Gasteiger partial charge in [-0.3, -0.25) is 14.5 Å². The first-order chi connectivity index (χ1) is 13.8. The summed E-state index contributed by atoms with van der Waals surface area (Å²) in [7, 11) is 2.79. The minimum atomic E-state index is -0.529. The molecule has 0 unspecified atom stereocenters. The number of nitro groups is 1. The van der Waals surface area contributed by atoms with Crippen LogP contribution in [-0.2, 0) is 0 Å². The first-order valence-corrected chi connectivity index (χ1v) is 9.11. The number of ether oxygens (including phenoxy) is 2. The highest BCUT2D eigenvalue weighted by atomic mass is 32.1. The fourth-order valence-electron chi connectivity index (χ4n) is 2.92. The van der Waals surface area contributed by atoms with E-state index in [1.54, 1.807) is 6.07 Å². The molecule has 2 aromatic heterocycles. The number of methoxy groups -OCH3 is 2. The Bertz CT molecular complexity index is 1160. The largest absolute Gasteiger partial charge is 0.496 e. The van der Waals surface area contributed by atoms with Crippen LogP contribution in [0.1, 0.15) is 16.3 Å². The van der Waals surface area contributed by atoms with Gasteiger partial charge in [-0.15, -0.1) is 16.4 Å². The van der Waals surface area contributed by atoms with Gasteiger partial charge in [-0.25, -0.2) is 4.98 Å². The normalized spacial score (nSPS) is 11.2. The van der Waals surface area contributed by atoms with Gasteiger partial charge < -0.3 is 20.9 Å². The van der Waals surface area contributed by atoms with Gasteiger partial charge in [0.15, 0.2) is 10.7 Å². The Balaban J connectivity index is 2.43. The molecule has 0 aliphatic rings. The molecule has 0 saturated heterocycles. The zero-order chi connectivity index (χ0) is 21.3. The molecule has 2 heterocycles. The van der Waals surface area contributed by atoms with E-state index in [9.17, 15) is 10.1 Å². The van der Waals surface area contributed by atoms with Gasteiger partial charge in [-0.05, 0) is 26.0 Å². The lowest BCUT2D eigenvalue weighted by Crippen LogP contribution is -2.21. The quantitative estimate of drug-likeness (QED) is 0.269. The number of nitrogens with zero attached hydrogens (tertiary/aromatic N) is 5. The molecule has 0 bridgehead atoms. The Labute approximate surface area is 169 Å². The van der Waals surface area contributed by atoms with Crippen LogP contribution in [0, 0.1) is 24.0 Å². The highest BCUT2D eigenvalue weighted by Gasteiger charge is 2.31. The third-order valence-corrected chi connectivity index (χ3v) is 5.34. The van der Waals surface area contributed by atoms with Crippen LogP contribution in [0.2, 0.25) is 0 Å². The van der Waals surface area contributed by atoms with E-state index in [0.717, 1.165) is 10.6 Å². The highest BCUT2D eigenvalue weighted by Crippen LogP contribution is 2.45. The van der Waals surface area contributed by atoms with Gasteiger partial charge in [0.1, 0.15) is 17.0 Å². The summed E-state index contributed by atoms with van der Waals surface area (Å²) in [6, 6.07) is 3.06. The van der Waals surface area contributed by atoms with E-state index in [-0.39, 0.29) is 28.7 Å². The molecule has 3 aromatic rings. The number of fused-ring (bicyclic) bond motifs is 1. The number of aromatic nitrogens is 2. The van der Waals surface area contributed by atoms with Gasteiger partial charge in [-0.1, -0.05) is 0 Å². The molecule has 0 aliphatic carbocycles. The lowest BCUT2D eigenvalue weighted by atomic mass is 10.1. The molecular formula is C17H19N7O4S. The van der Waals surface area contributed by atoms with Crippen molar-refractivity contribution in [1.82, 2.24) is 9.38 Å². The maximum atomic E-state index is 11.9. The number of hydrogen-bond acceptors (Lipinski definition) is 8. The molecule has 29 heavy (non-hydrogen) atoms. The van der Waals surface area contributed by atoms with Crippen molar-refractivity contribution in [3.8, 4) is 22.8 Å². The maximum absolute atomic E-state index is 11.9. The zero-order valence-corrected chi connectivity index (χ0v) is 17.0. The van der Waals surface area contributed by atoms with Crippen LogP contribution >= 0.6 is 11.3 Å². The fourth-order valence-corrected chi connectivity index (χ4v) is 3.90. The second-order valence-electron chi connectivity index (χ2n) is 5.93. The molecule has 11 nitrogen and oxygen atoms in total. The van der Waals surface area contributed by atoms with Gasteiger partial charge in [0.25, 0.3) is 0 Å². The van der Waals surface area contributed by atoms with Crippen molar-refractivity contribution in [2.75, 3.05) is 14.2 Å². The third kappa shape index (κ3) is 3.45. The molecule has 0 spiro atoms. The SMILES string of the molecule is COc1ccc(OC)c([N+](=O)[O-])c1-c1nc2sc(C)c(C)n2c1/C=N/N=C(N)N. The van der Waals surface area contributed by atoms with Crippen LogP contribution < -0.4 is 20.9 Å². The lowest BCUT2D eigenvalue weighted by Gasteiger charge is -2.11. The van der Waals surface area contributed by atoms with Crippen molar-refractivity contribution in [2.45, 2.75) is 13.8 Å². The van der Waals surface area contributed by atoms with Crippen molar-refractivity contribution in [3.05, 3.63) is 38.5 Å². The predicted molar refractivity (Wildman–Crippen MR) is 111 cm³/mol. The maximum Gasteiger partial charge on any atom is 0.324 e. The van der Waals surface area contributed by atoms with Crippen LogP contribution in [0.5, 0.6) is 11.5 Å². The molecule has 0 fully saturated rings. The first-order valence-electron chi connectivity index (χ1n) is 8.30. The number of benzene rings is 1. The summed E-state index contributed by atoms with van der Waals surface area (Å²) in [5.74, 6) is 0.142. The summed E-state index contributed by atoms with van der Waals surface area (Å²) in [5, 5.41) is 19.4. The molecule has 0 atom stereocenters. The molecule has 0 aliphatic heterocycles. The van der Waals surface area contributed by atoms with Crippen molar-refractivity contribution >= 4 is 34.2 Å². The Kier molecular flexibility index (Phi) is 5.37. The Morgan fingerprint density at radius 2 is 1.93 bits per heavy atom. The average Bonchev–Trinajstić information content (AvgIpc) is 3.16. The lowest BCUT2D eigenvalue weighted by molar-refractivity contribution is -0.385. The zero-order valence-electron chi connectivity index (χ0n) is 16.2. The predicted octanol–water partition coefficient (Wildman–Crippen LogP) is 2.21. The van der Waals surface area contributed by atoms with E-state index in [4.69, 9.17) is 20.9 Å². The van der Waals surface area contributed by atoms with Crippen LogP contribution in [0.25, 0.3) is 16.2 Å². The number of hydrogen-bond donors (Lipinski definition) is 2. The van der Waals surface area contributed by atoms with Crippen LogP contribution in [0.3, 0.4) is 0 Å². The van der Waals surface area contributed by atoms with E-state index in [0.29, 0.717) is 16.3 Å². The van der Waals surface area contributed by atoms with Gasteiger partial charge in [0.2, 0.25) is 5.96 Å². The minimum absolute atomic E-state index is 0.0853. The van der Waals surface area contributed by atoms with Gasteiger partial charge in [0, 0.05) is 10.6 Å². The number of guanidine groups is 1. The smallest absolute Gasteiger partial charge is 0.324 e. The van der Waals surface area contributed by atoms with Crippen molar-refractivity contribution in [1.29, 1.82) is 0 Å². The van der Waals surface area contributed by atoms with Gasteiger partial charge >= 0.3 is 5.69 Å². The number of aryl methyl sites for hydroxylation is 2. The monoisotopic (exact) mass is 417 g/mol. The molecule has 1 aromatic carbocycles. The molecule has 152 valence electrons. The molecule has 0 amide bonds. The third-order valence-electron chi connectivity index (χ3n) is 4.29. The van der Waals surface area contributed by atoms with Gasteiger partial charge in [-0.2, -0.15) is 5.10 Å². The van der Waals surface area contributed by atoms with Crippen molar-refractivity contribution in [3.63, 3.8) is 0 Å². The summed E-state index contributed by atoms with van der Waals surface area (Å²) >= 11 is 1.45. The summed E-state index contributed by atoms with van der Waals surface area (Å²) in [4.78, 5) is 17.7.